The van der Waals surface area contributed by atoms with Crippen molar-refractivity contribution in [3.05, 3.63) is 0 Å². The maximum absolute atomic E-state index is 3.54. The molecule has 1 aliphatic carbocycles. The lowest BCUT2D eigenvalue weighted by Gasteiger charge is -2.33. The van der Waals surface area contributed by atoms with Crippen LogP contribution in [-0.2, 0) is 0 Å². The molecule has 0 amide bonds. The summed E-state index contributed by atoms with van der Waals surface area (Å²) in [6, 6.07) is 0.896. The Kier molecular flexibility index (Phi) is 8.70. The summed E-state index contributed by atoms with van der Waals surface area (Å²) in [6.07, 6.45) is 9.95. The average molecular weight is 254 g/mol. The molecule has 0 unspecified atom stereocenters. The highest BCUT2D eigenvalue weighted by Gasteiger charge is 2.18. The van der Waals surface area contributed by atoms with Crippen molar-refractivity contribution in [2.24, 2.45) is 5.92 Å². The van der Waals surface area contributed by atoms with Gasteiger partial charge >= 0.3 is 0 Å². The molecular weight excluding hydrogens is 220 g/mol. The smallest absolute Gasteiger partial charge is 0.00951 e. The predicted octanol–water partition coefficient (Wildman–Crippen LogP) is 3.67. The monoisotopic (exact) mass is 254 g/mol. The molecule has 0 radical (unpaired) electrons. The molecule has 0 aromatic heterocycles. The van der Waals surface area contributed by atoms with Gasteiger partial charge in [0.15, 0.2) is 0 Å². The summed E-state index contributed by atoms with van der Waals surface area (Å²) < 4.78 is 0. The lowest BCUT2D eigenvalue weighted by molar-refractivity contribution is 0.161. The van der Waals surface area contributed by atoms with Gasteiger partial charge in [0, 0.05) is 6.04 Å². The van der Waals surface area contributed by atoms with E-state index in [4.69, 9.17) is 0 Å². The van der Waals surface area contributed by atoms with Crippen molar-refractivity contribution in [1.29, 1.82) is 0 Å². The van der Waals surface area contributed by atoms with Crippen LogP contribution in [0, 0.1) is 5.92 Å². The zero-order chi connectivity index (χ0) is 13.2. The van der Waals surface area contributed by atoms with Gasteiger partial charge in [-0.2, -0.15) is 0 Å². The molecule has 0 aromatic rings. The van der Waals surface area contributed by atoms with E-state index in [-0.39, 0.29) is 0 Å². The second-order valence-electron chi connectivity index (χ2n) is 6.23. The Bertz CT molecular complexity index is 186. The molecule has 2 heteroatoms. The lowest BCUT2D eigenvalue weighted by atomic mass is 9.94. The fourth-order valence-electron chi connectivity index (χ4n) is 3.00. The van der Waals surface area contributed by atoms with Gasteiger partial charge in [-0.3, -0.25) is 0 Å². The first-order valence-corrected chi connectivity index (χ1v) is 8.18. The summed E-state index contributed by atoms with van der Waals surface area (Å²) in [6.45, 7) is 11.8. The van der Waals surface area contributed by atoms with Crippen LogP contribution in [0.2, 0.25) is 0 Å². The molecule has 0 atom stereocenters. The van der Waals surface area contributed by atoms with Crippen LogP contribution >= 0.6 is 0 Å². The average Bonchev–Trinajstić information content (AvgIpc) is 2.38. The number of hydrogen-bond acceptors (Lipinski definition) is 2. The van der Waals surface area contributed by atoms with Gasteiger partial charge < -0.3 is 10.2 Å². The van der Waals surface area contributed by atoms with Crippen molar-refractivity contribution in [3.8, 4) is 0 Å². The van der Waals surface area contributed by atoms with Crippen LogP contribution in [0.3, 0.4) is 0 Å². The summed E-state index contributed by atoms with van der Waals surface area (Å²) in [7, 11) is 0. The Labute approximate surface area is 115 Å². The molecule has 0 aromatic carbocycles. The summed E-state index contributed by atoms with van der Waals surface area (Å²) in [4.78, 5) is 2.72. The maximum Gasteiger partial charge on any atom is 0.00951 e. The summed E-state index contributed by atoms with van der Waals surface area (Å²) in [5.74, 6) is 0.777. The lowest BCUT2D eigenvalue weighted by Crippen LogP contribution is -2.37. The minimum absolute atomic E-state index is 0.777. The van der Waals surface area contributed by atoms with E-state index >= 15 is 0 Å². The van der Waals surface area contributed by atoms with Crippen molar-refractivity contribution in [1.82, 2.24) is 10.2 Å². The molecule has 0 aliphatic heterocycles. The molecule has 18 heavy (non-hydrogen) atoms. The zero-order valence-corrected chi connectivity index (χ0v) is 12.9. The summed E-state index contributed by atoms with van der Waals surface area (Å²) >= 11 is 0. The van der Waals surface area contributed by atoms with Crippen molar-refractivity contribution in [3.63, 3.8) is 0 Å². The highest BCUT2D eigenvalue weighted by Crippen LogP contribution is 2.22. The van der Waals surface area contributed by atoms with E-state index in [0.29, 0.717) is 0 Å². The van der Waals surface area contributed by atoms with Crippen LogP contribution < -0.4 is 5.32 Å². The van der Waals surface area contributed by atoms with E-state index in [1.807, 2.05) is 0 Å². The van der Waals surface area contributed by atoms with E-state index in [0.717, 1.165) is 12.0 Å². The number of nitrogens with zero attached hydrogens (tertiary/aromatic N) is 1. The first-order valence-electron chi connectivity index (χ1n) is 8.18. The number of rotatable bonds is 9. The van der Waals surface area contributed by atoms with Crippen LogP contribution in [0.15, 0.2) is 0 Å². The number of hydrogen-bond donors (Lipinski definition) is 1. The molecule has 1 fully saturated rings. The first kappa shape index (κ1) is 16.0. The highest BCUT2D eigenvalue weighted by molar-refractivity contribution is 4.75. The standard InChI is InChI=1S/C16H34N2/c1-4-18(16-10-6-5-7-11-16)13-9-8-12-17-14-15(2)3/h15-17H,4-14H2,1-3H3. The molecule has 2 nitrogen and oxygen atoms in total. The third-order valence-corrected chi connectivity index (χ3v) is 4.10. The first-order chi connectivity index (χ1) is 8.74. The SMILES string of the molecule is CCN(CCCCNCC(C)C)C1CCCCC1. The van der Waals surface area contributed by atoms with E-state index in [1.165, 1.54) is 71.1 Å². The molecule has 0 saturated heterocycles. The van der Waals surface area contributed by atoms with Gasteiger partial charge in [0.05, 0.1) is 0 Å². The highest BCUT2D eigenvalue weighted by atomic mass is 15.1. The molecule has 1 saturated carbocycles. The van der Waals surface area contributed by atoms with Gasteiger partial charge in [0.2, 0.25) is 0 Å². The Morgan fingerprint density at radius 1 is 1.11 bits per heavy atom. The topological polar surface area (TPSA) is 15.3 Å². The number of unbranched alkanes of at least 4 members (excludes halogenated alkanes) is 1. The normalized spacial score (nSPS) is 17.8. The summed E-state index contributed by atoms with van der Waals surface area (Å²) in [5.41, 5.74) is 0. The van der Waals surface area contributed by atoms with Crippen LogP contribution in [-0.4, -0.2) is 37.1 Å². The van der Waals surface area contributed by atoms with Gasteiger partial charge in [-0.05, 0) is 57.8 Å². The van der Waals surface area contributed by atoms with E-state index in [2.05, 4.69) is 31.0 Å². The Balaban J connectivity index is 2.04. The molecule has 1 rings (SSSR count). The van der Waals surface area contributed by atoms with Crippen molar-refractivity contribution in [2.75, 3.05) is 26.2 Å². The van der Waals surface area contributed by atoms with Crippen molar-refractivity contribution in [2.45, 2.75) is 71.8 Å². The van der Waals surface area contributed by atoms with Gasteiger partial charge in [0.25, 0.3) is 0 Å². The quantitative estimate of drug-likeness (QED) is 0.632. The van der Waals surface area contributed by atoms with E-state index in [9.17, 15) is 0 Å². The van der Waals surface area contributed by atoms with Crippen molar-refractivity contribution >= 4 is 0 Å². The minimum atomic E-state index is 0.777. The number of nitrogens with one attached hydrogen (secondary N) is 1. The molecule has 1 N–H and O–H groups in total. The van der Waals surface area contributed by atoms with Gasteiger partial charge in [0.1, 0.15) is 0 Å². The molecule has 1 aliphatic rings. The van der Waals surface area contributed by atoms with Crippen LogP contribution in [0.4, 0.5) is 0 Å². The van der Waals surface area contributed by atoms with Crippen LogP contribution in [0.25, 0.3) is 0 Å². The largest absolute Gasteiger partial charge is 0.316 e. The molecule has 0 bridgehead atoms. The van der Waals surface area contributed by atoms with Gasteiger partial charge in [-0.25, -0.2) is 0 Å². The molecule has 0 heterocycles. The predicted molar refractivity (Wildman–Crippen MR) is 81.1 cm³/mol. The second-order valence-corrected chi connectivity index (χ2v) is 6.23. The van der Waals surface area contributed by atoms with Crippen LogP contribution in [0.5, 0.6) is 0 Å². The zero-order valence-electron chi connectivity index (χ0n) is 12.9. The maximum atomic E-state index is 3.54. The molecule has 0 spiro atoms. The fraction of sp³-hybridized carbons (Fsp3) is 1.00. The van der Waals surface area contributed by atoms with Crippen molar-refractivity contribution < 1.29 is 0 Å². The second kappa shape index (κ2) is 9.80. The van der Waals surface area contributed by atoms with Gasteiger partial charge in [-0.15, -0.1) is 0 Å². The van der Waals surface area contributed by atoms with E-state index in [1.54, 1.807) is 0 Å². The Hall–Kier alpha value is -0.0800. The minimum Gasteiger partial charge on any atom is -0.316 e. The van der Waals surface area contributed by atoms with E-state index < -0.39 is 0 Å². The molecular formula is C16H34N2. The fourth-order valence-corrected chi connectivity index (χ4v) is 3.00. The molecule has 108 valence electrons. The third-order valence-electron chi connectivity index (χ3n) is 4.10. The third kappa shape index (κ3) is 6.75. The summed E-state index contributed by atoms with van der Waals surface area (Å²) in [5, 5.41) is 3.54. The Morgan fingerprint density at radius 2 is 1.83 bits per heavy atom. The Morgan fingerprint density at radius 3 is 2.44 bits per heavy atom. The van der Waals surface area contributed by atoms with Crippen LogP contribution in [0.1, 0.15) is 65.7 Å². The van der Waals surface area contributed by atoms with Gasteiger partial charge in [-0.1, -0.05) is 40.0 Å².